The van der Waals surface area contributed by atoms with Crippen molar-refractivity contribution < 1.29 is 32.1 Å². The zero-order chi connectivity index (χ0) is 24.3. The number of carbonyl (C=O) groups excluding carboxylic acids is 2. The molecule has 1 heterocycles. The van der Waals surface area contributed by atoms with Gasteiger partial charge in [-0.1, -0.05) is 18.2 Å². The number of esters is 1. The third-order valence-corrected chi connectivity index (χ3v) is 6.50. The molecule has 1 amide bonds. The molecule has 1 saturated heterocycles. The van der Waals surface area contributed by atoms with Crippen molar-refractivity contribution in [3.8, 4) is 5.75 Å². The monoisotopic (exact) mass is 500 g/mol. The summed E-state index contributed by atoms with van der Waals surface area (Å²) in [5.74, 6) is -0.0212. The van der Waals surface area contributed by atoms with Gasteiger partial charge >= 0.3 is 13.7 Å². The number of amidine groups is 1. The summed E-state index contributed by atoms with van der Waals surface area (Å²) < 4.78 is 35.1. The van der Waals surface area contributed by atoms with Crippen molar-refractivity contribution in [1.29, 1.82) is 0 Å². The number of hydrogen-bond acceptors (Lipinski definition) is 9. The molecule has 33 heavy (non-hydrogen) atoms. The number of aliphatic imine (C=N–C) groups is 1. The van der Waals surface area contributed by atoms with E-state index in [1.54, 1.807) is 44.2 Å². The van der Waals surface area contributed by atoms with Crippen LogP contribution < -0.4 is 15.3 Å². The van der Waals surface area contributed by atoms with Gasteiger partial charge in [0.2, 0.25) is 6.41 Å². The minimum Gasteiger partial charge on any atom is -0.462 e. The highest BCUT2D eigenvalue weighted by atomic mass is 32.2. The maximum atomic E-state index is 13.3. The highest BCUT2D eigenvalue weighted by Gasteiger charge is 2.35. The Hall–Kier alpha value is -2.37. The van der Waals surface area contributed by atoms with Gasteiger partial charge in [0, 0.05) is 19.7 Å². The van der Waals surface area contributed by atoms with Crippen LogP contribution in [0.3, 0.4) is 0 Å². The van der Waals surface area contributed by atoms with Gasteiger partial charge < -0.3 is 15.0 Å². The lowest BCUT2D eigenvalue weighted by Crippen LogP contribution is -2.30. The fraction of sp³-hybridized carbons (Fsp3) is 0.450. The molecule has 0 spiro atoms. The number of amides is 1. The van der Waals surface area contributed by atoms with Crippen molar-refractivity contribution in [3.63, 3.8) is 0 Å². The molecule has 1 aromatic carbocycles. The minimum atomic E-state index is -3.92. The van der Waals surface area contributed by atoms with E-state index in [2.05, 4.69) is 10.1 Å². The van der Waals surface area contributed by atoms with Crippen LogP contribution in [0.2, 0.25) is 0 Å². The second kappa shape index (κ2) is 13.4. The number of ether oxygens (including phenoxy) is 1. The Kier molecular flexibility index (Phi) is 10.9. The normalized spacial score (nSPS) is 20.5. The molecule has 0 aromatic heterocycles. The lowest BCUT2D eigenvalue weighted by molar-refractivity contribution is -0.146. The SMILES string of the molecule is CN=C(N)/C=C\N(C=O)C1CC(COP(=O)(NCC(=O)OC(C)C)Oc2ccccc2)SO1. The van der Waals surface area contributed by atoms with Gasteiger partial charge in [-0.3, -0.25) is 28.2 Å². The average Bonchev–Trinajstić information content (AvgIpc) is 3.26. The molecule has 1 fully saturated rings. The number of carbonyl (C=O) groups is 2. The van der Waals surface area contributed by atoms with Gasteiger partial charge in [0.05, 0.1) is 18.0 Å². The summed E-state index contributed by atoms with van der Waals surface area (Å²) in [5, 5.41) is 2.29. The Labute approximate surface area is 197 Å². The zero-order valence-electron chi connectivity index (χ0n) is 18.7. The molecule has 0 saturated carbocycles. The summed E-state index contributed by atoms with van der Waals surface area (Å²) in [7, 11) is -2.39. The molecule has 1 aliphatic heterocycles. The van der Waals surface area contributed by atoms with E-state index >= 15 is 0 Å². The summed E-state index contributed by atoms with van der Waals surface area (Å²) in [5.41, 5.74) is 5.61. The summed E-state index contributed by atoms with van der Waals surface area (Å²) in [6.45, 7) is 3.04. The maximum absolute atomic E-state index is 13.3. The third kappa shape index (κ3) is 9.56. The molecule has 13 heteroatoms. The summed E-state index contributed by atoms with van der Waals surface area (Å²) in [6, 6.07) is 8.46. The Balaban J connectivity index is 1.98. The van der Waals surface area contributed by atoms with Crippen LogP contribution in [0.4, 0.5) is 0 Å². The van der Waals surface area contributed by atoms with Gasteiger partial charge in [-0.15, -0.1) is 0 Å². The summed E-state index contributed by atoms with van der Waals surface area (Å²) >= 11 is 1.10. The Morgan fingerprint density at radius 2 is 2.15 bits per heavy atom. The molecule has 1 aromatic rings. The van der Waals surface area contributed by atoms with Crippen molar-refractivity contribution in [2.45, 2.75) is 37.9 Å². The van der Waals surface area contributed by atoms with Crippen LogP contribution in [0.15, 0.2) is 47.6 Å². The lowest BCUT2D eigenvalue weighted by Gasteiger charge is -2.21. The van der Waals surface area contributed by atoms with Gasteiger partial charge in [-0.2, -0.15) is 0 Å². The highest BCUT2D eigenvalue weighted by molar-refractivity contribution is 7.95. The minimum absolute atomic E-state index is 0.0214. The predicted octanol–water partition coefficient (Wildman–Crippen LogP) is 2.45. The van der Waals surface area contributed by atoms with Crippen molar-refractivity contribution in [1.82, 2.24) is 9.99 Å². The number of benzene rings is 1. The summed E-state index contributed by atoms with van der Waals surface area (Å²) in [6.07, 6.45) is 3.08. The van der Waals surface area contributed by atoms with Gasteiger partial charge in [0.15, 0.2) is 6.23 Å². The first-order valence-electron chi connectivity index (χ1n) is 10.1. The molecule has 3 unspecified atom stereocenters. The van der Waals surface area contributed by atoms with Crippen LogP contribution in [0, 0.1) is 0 Å². The van der Waals surface area contributed by atoms with E-state index in [0.717, 1.165) is 12.0 Å². The van der Waals surface area contributed by atoms with Crippen LogP contribution in [-0.4, -0.2) is 60.9 Å². The first kappa shape index (κ1) is 26.9. The van der Waals surface area contributed by atoms with E-state index in [1.807, 2.05) is 0 Å². The molecule has 3 atom stereocenters. The van der Waals surface area contributed by atoms with E-state index in [9.17, 15) is 14.2 Å². The van der Waals surface area contributed by atoms with E-state index in [1.165, 1.54) is 24.2 Å². The predicted molar refractivity (Wildman–Crippen MR) is 125 cm³/mol. The second-order valence-corrected chi connectivity index (χ2v) is 9.90. The first-order valence-corrected chi connectivity index (χ1v) is 12.5. The number of hydrogen-bond donors (Lipinski definition) is 2. The number of para-hydroxylation sites is 1. The molecular formula is C20H29N4O7PS. The fourth-order valence-corrected chi connectivity index (χ4v) is 4.76. The van der Waals surface area contributed by atoms with Crippen LogP contribution in [0.25, 0.3) is 0 Å². The number of nitrogens with one attached hydrogen (secondary N) is 1. The van der Waals surface area contributed by atoms with Crippen molar-refractivity contribution >= 4 is 38.0 Å². The second-order valence-electron chi connectivity index (χ2n) is 7.09. The molecule has 182 valence electrons. The molecule has 1 aliphatic rings. The first-order chi connectivity index (χ1) is 15.7. The van der Waals surface area contributed by atoms with Gasteiger partial charge in [0.25, 0.3) is 0 Å². The molecule has 11 nitrogen and oxygen atoms in total. The molecular weight excluding hydrogens is 471 g/mol. The standard InChI is InChI=1S/C20H29N4O7PS/c1-15(2)29-20(26)12-23-32(27,30-16-7-5-4-6-8-16)28-13-17-11-19(31-33-17)24(14-25)10-9-18(21)22-3/h4-10,14-15,17,19H,11-13H2,1-3H3,(H2,21,22)(H,23,27)/b10-9-. The van der Waals surface area contributed by atoms with Gasteiger partial charge in [-0.25, -0.2) is 9.65 Å². The molecule has 0 bridgehead atoms. The van der Waals surface area contributed by atoms with E-state index < -0.39 is 19.9 Å². The molecule has 0 aliphatic carbocycles. The van der Waals surface area contributed by atoms with E-state index in [-0.39, 0.29) is 30.3 Å². The number of nitrogens with zero attached hydrogens (tertiary/aromatic N) is 2. The third-order valence-electron chi connectivity index (χ3n) is 4.08. The topological polar surface area (TPSA) is 142 Å². The highest BCUT2D eigenvalue weighted by Crippen LogP contribution is 2.45. The summed E-state index contributed by atoms with van der Waals surface area (Å²) in [4.78, 5) is 28.4. The van der Waals surface area contributed by atoms with Crippen LogP contribution in [-0.2, 0) is 27.6 Å². The quantitative estimate of drug-likeness (QED) is 0.104. The zero-order valence-corrected chi connectivity index (χ0v) is 20.4. The van der Waals surface area contributed by atoms with Crippen LogP contribution in [0.5, 0.6) is 5.75 Å². The lowest BCUT2D eigenvalue weighted by atomic mass is 10.2. The van der Waals surface area contributed by atoms with E-state index in [0.29, 0.717) is 18.6 Å². The van der Waals surface area contributed by atoms with Crippen molar-refractivity contribution in [2.24, 2.45) is 10.7 Å². The fourth-order valence-electron chi connectivity index (χ4n) is 2.52. The Morgan fingerprint density at radius 1 is 1.42 bits per heavy atom. The Morgan fingerprint density at radius 3 is 2.79 bits per heavy atom. The smallest absolute Gasteiger partial charge is 0.459 e. The average molecular weight is 501 g/mol. The largest absolute Gasteiger partial charge is 0.462 e. The van der Waals surface area contributed by atoms with Crippen molar-refractivity contribution in [3.05, 3.63) is 42.6 Å². The molecule has 3 N–H and O–H groups in total. The molecule has 2 rings (SSSR count). The van der Waals surface area contributed by atoms with E-state index in [4.69, 9.17) is 23.7 Å². The van der Waals surface area contributed by atoms with Gasteiger partial charge in [-0.05, 0) is 44.1 Å². The van der Waals surface area contributed by atoms with Crippen molar-refractivity contribution in [2.75, 3.05) is 20.2 Å². The number of nitrogens with two attached hydrogens (primary N) is 1. The van der Waals surface area contributed by atoms with Gasteiger partial charge in [0.1, 0.15) is 18.1 Å². The number of rotatable bonds is 13. The Bertz CT molecular complexity index is 884. The van der Waals surface area contributed by atoms with Crippen LogP contribution >= 0.6 is 19.8 Å². The maximum Gasteiger partial charge on any atom is 0.459 e. The van der Waals surface area contributed by atoms with Crippen LogP contribution in [0.1, 0.15) is 20.3 Å². The molecule has 0 radical (unpaired) electrons.